The minimum absolute atomic E-state index is 0.185. The molecular weight excluding hydrogens is 381 g/mol. The third kappa shape index (κ3) is 3.37. The van der Waals surface area contributed by atoms with Gasteiger partial charge >= 0.3 is 12.1 Å². The summed E-state index contributed by atoms with van der Waals surface area (Å²) in [7, 11) is 1.92. The highest BCUT2D eigenvalue weighted by molar-refractivity contribution is 5.84. The molecule has 29 heavy (non-hydrogen) atoms. The van der Waals surface area contributed by atoms with E-state index in [1.54, 1.807) is 6.07 Å². The van der Waals surface area contributed by atoms with Gasteiger partial charge in [-0.15, -0.1) is 0 Å². The van der Waals surface area contributed by atoms with Crippen LogP contribution in [-0.4, -0.2) is 31.7 Å². The van der Waals surface area contributed by atoms with Crippen LogP contribution in [-0.2, 0) is 4.79 Å². The van der Waals surface area contributed by atoms with Gasteiger partial charge in [-0.2, -0.15) is 18.4 Å². The number of alkyl halides is 3. The molecule has 0 saturated carbocycles. The molecule has 2 aromatic rings. The number of halogens is 3. The van der Waals surface area contributed by atoms with E-state index in [9.17, 15) is 23.2 Å². The molecule has 1 N–H and O–H groups in total. The quantitative estimate of drug-likeness (QED) is 0.785. The van der Waals surface area contributed by atoms with Crippen LogP contribution >= 0.6 is 0 Å². The number of rotatable bonds is 1. The SMILES string of the molecule is CN1c2ccccc2[C@@H]2C[C@@H](NC(=O)C(F)(F)F)CCN2c2ccc(C#N)cc21. The number of anilines is 3. The van der Waals surface area contributed by atoms with Crippen molar-refractivity contribution in [1.29, 1.82) is 5.26 Å². The lowest BCUT2D eigenvalue weighted by Crippen LogP contribution is -2.49. The van der Waals surface area contributed by atoms with Crippen LogP contribution in [0.4, 0.5) is 30.2 Å². The van der Waals surface area contributed by atoms with Crippen molar-refractivity contribution in [3.05, 3.63) is 53.6 Å². The number of amides is 1. The molecule has 150 valence electrons. The molecule has 0 unspecified atom stereocenters. The van der Waals surface area contributed by atoms with Crippen LogP contribution in [0, 0.1) is 11.3 Å². The maximum atomic E-state index is 12.7. The van der Waals surface area contributed by atoms with Crippen molar-refractivity contribution >= 4 is 23.0 Å². The van der Waals surface area contributed by atoms with Gasteiger partial charge in [-0.25, -0.2) is 0 Å². The molecule has 5 nitrogen and oxygen atoms in total. The molecule has 1 amide bonds. The van der Waals surface area contributed by atoms with Crippen LogP contribution in [0.1, 0.15) is 30.0 Å². The van der Waals surface area contributed by atoms with E-state index in [-0.39, 0.29) is 6.04 Å². The number of nitrogens with one attached hydrogen (secondary N) is 1. The maximum absolute atomic E-state index is 12.7. The van der Waals surface area contributed by atoms with E-state index in [0.29, 0.717) is 24.9 Å². The van der Waals surface area contributed by atoms with Gasteiger partial charge in [0.15, 0.2) is 0 Å². The second-order valence-electron chi connectivity index (χ2n) is 7.33. The predicted molar refractivity (Wildman–Crippen MR) is 103 cm³/mol. The molecule has 2 heterocycles. The van der Waals surface area contributed by atoms with Gasteiger partial charge in [0.25, 0.3) is 0 Å². The molecule has 1 saturated heterocycles. The van der Waals surface area contributed by atoms with Crippen molar-refractivity contribution in [2.45, 2.75) is 31.1 Å². The van der Waals surface area contributed by atoms with E-state index in [1.807, 2.05) is 48.3 Å². The number of carbonyl (C=O) groups is 1. The molecule has 8 heteroatoms. The summed E-state index contributed by atoms with van der Waals surface area (Å²) >= 11 is 0. The first-order chi connectivity index (χ1) is 13.8. The zero-order valence-electron chi connectivity index (χ0n) is 15.7. The number of para-hydroxylation sites is 1. The number of carbonyl (C=O) groups excluding carboxylic acids is 1. The fourth-order valence-electron chi connectivity index (χ4n) is 4.26. The molecule has 0 aliphatic carbocycles. The van der Waals surface area contributed by atoms with Gasteiger partial charge < -0.3 is 15.1 Å². The molecule has 1 fully saturated rings. The Morgan fingerprint density at radius 3 is 2.66 bits per heavy atom. The summed E-state index contributed by atoms with van der Waals surface area (Å²) in [6.45, 7) is 0.495. The van der Waals surface area contributed by atoms with E-state index >= 15 is 0 Å². The number of piperidine rings is 1. The predicted octanol–water partition coefficient (Wildman–Crippen LogP) is 4.03. The van der Waals surface area contributed by atoms with Crippen LogP contribution in [0.3, 0.4) is 0 Å². The molecule has 2 aromatic carbocycles. The van der Waals surface area contributed by atoms with Crippen LogP contribution in [0.25, 0.3) is 0 Å². The van der Waals surface area contributed by atoms with Crippen molar-refractivity contribution in [2.75, 3.05) is 23.4 Å². The third-order valence-electron chi connectivity index (χ3n) is 5.63. The van der Waals surface area contributed by atoms with Crippen LogP contribution in [0.2, 0.25) is 0 Å². The van der Waals surface area contributed by atoms with Gasteiger partial charge in [0.2, 0.25) is 0 Å². The van der Waals surface area contributed by atoms with Gasteiger partial charge in [-0.3, -0.25) is 4.79 Å². The number of fused-ring (bicyclic) bond motifs is 5. The summed E-state index contributed by atoms with van der Waals surface area (Å²) in [5.41, 5.74) is 4.25. The van der Waals surface area contributed by atoms with Crippen molar-refractivity contribution in [1.82, 2.24) is 5.32 Å². The van der Waals surface area contributed by atoms with Crippen molar-refractivity contribution < 1.29 is 18.0 Å². The van der Waals surface area contributed by atoms with E-state index in [0.717, 1.165) is 22.6 Å². The Morgan fingerprint density at radius 2 is 1.93 bits per heavy atom. The van der Waals surface area contributed by atoms with Gasteiger partial charge in [-0.1, -0.05) is 18.2 Å². The Morgan fingerprint density at radius 1 is 1.17 bits per heavy atom. The van der Waals surface area contributed by atoms with Crippen molar-refractivity contribution in [2.24, 2.45) is 0 Å². The molecule has 0 aromatic heterocycles. The Labute approximate surface area is 166 Å². The number of hydrogen-bond donors (Lipinski definition) is 1. The van der Waals surface area contributed by atoms with Gasteiger partial charge in [0.05, 0.1) is 29.0 Å². The number of nitriles is 1. The molecule has 4 rings (SSSR count). The molecule has 0 bridgehead atoms. The van der Waals surface area contributed by atoms with E-state index < -0.39 is 18.1 Å². The standard InChI is InChI=1S/C21H19F3N4O/c1-27-16-5-3-2-4-15(16)18-11-14(26-20(29)21(22,23)24)8-9-28(18)17-7-6-13(12-25)10-19(17)27/h2-7,10,14,18H,8-9,11H2,1H3,(H,26,29)/t14-,18-/m0/s1. The summed E-state index contributed by atoms with van der Waals surface area (Å²) < 4.78 is 38.1. The van der Waals surface area contributed by atoms with Gasteiger partial charge in [-0.05, 0) is 42.7 Å². The minimum atomic E-state index is -4.89. The van der Waals surface area contributed by atoms with Crippen molar-refractivity contribution in [3.8, 4) is 6.07 Å². The maximum Gasteiger partial charge on any atom is 0.471 e. The number of benzene rings is 2. The van der Waals surface area contributed by atoms with E-state index in [2.05, 4.69) is 16.3 Å². The number of nitrogens with zero attached hydrogens (tertiary/aromatic N) is 3. The lowest BCUT2D eigenvalue weighted by atomic mass is 9.90. The summed E-state index contributed by atoms with van der Waals surface area (Å²) in [5.74, 6) is -1.89. The lowest BCUT2D eigenvalue weighted by Gasteiger charge is -2.41. The van der Waals surface area contributed by atoms with E-state index in [1.165, 1.54) is 0 Å². The second kappa shape index (κ2) is 6.99. The Bertz CT molecular complexity index is 998. The smallest absolute Gasteiger partial charge is 0.363 e. The second-order valence-corrected chi connectivity index (χ2v) is 7.33. The Hall–Kier alpha value is -3.21. The monoisotopic (exact) mass is 400 g/mol. The largest absolute Gasteiger partial charge is 0.471 e. The average Bonchev–Trinajstić information content (AvgIpc) is 2.81. The number of hydrogen-bond acceptors (Lipinski definition) is 4. The average molecular weight is 400 g/mol. The first kappa shape index (κ1) is 19.1. The minimum Gasteiger partial charge on any atom is -0.363 e. The fraction of sp³-hybridized carbons (Fsp3) is 0.333. The zero-order valence-corrected chi connectivity index (χ0v) is 15.7. The molecular formula is C21H19F3N4O. The Kier molecular flexibility index (Phi) is 4.61. The highest BCUT2D eigenvalue weighted by Crippen LogP contribution is 2.48. The van der Waals surface area contributed by atoms with Gasteiger partial charge in [0, 0.05) is 25.3 Å². The first-order valence-corrected chi connectivity index (χ1v) is 9.30. The summed E-state index contributed by atoms with van der Waals surface area (Å²) in [4.78, 5) is 15.6. The highest BCUT2D eigenvalue weighted by Gasteiger charge is 2.42. The third-order valence-corrected chi connectivity index (χ3v) is 5.63. The molecule has 0 spiro atoms. The zero-order chi connectivity index (χ0) is 20.8. The summed E-state index contributed by atoms with van der Waals surface area (Å²) in [6, 6.07) is 14.6. The lowest BCUT2D eigenvalue weighted by molar-refractivity contribution is -0.174. The van der Waals surface area contributed by atoms with Crippen LogP contribution in [0.5, 0.6) is 0 Å². The van der Waals surface area contributed by atoms with Crippen LogP contribution < -0.4 is 15.1 Å². The topological polar surface area (TPSA) is 59.4 Å². The fourth-order valence-corrected chi connectivity index (χ4v) is 4.26. The van der Waals surface area contributed by atoms with Gasteiger partial charge in [0.1, 0.15) is 0 Å². The van der Waals surface area contributed by atoms with E-state index in [4.69, 9.17) is 0 Å². The molecule has 2 atom stereocenters. The molecule has 2 aliphatic rings. The molecule has 0 radical (unpaired) electrons. The molecule has 2 aliphatic heterocycles. The normalized spacial score (nSPS) is 20.7. The van der Waals surface area contributed by atoms with Crippen LogP contribution in [0.15, 0.2) is 42.5 Å². The highest BCUT2D eigenvalue weighted by atomic mass is 19.4. The summed E-state index contributed by atoms with van der Waals surface area (Å²) in [5, 5.41) is 11.4. The van der Waals surface area contributed by atoms with Crippen molar-refractivity contribution in [3.63, 3.8) is 0 Å². The summed E-state index contributed by atoms with van der Waals surface area (Å²) in [6.07, 6.45) is -4.12. The Balaban J connectivity index is 1.75. The first-order valence-electron chi connectivity index (χ1n) is 9.30.